The molecule has 0 rings (SSSR count). The fourth-order valence-corrected chi connectivity index (χ4v) is 0.877. The second-order valence-corrected chi connectivity index (χ2v) is 3.26. The molecule has 0 aromatic carbocycles. The summed E-state index contributed by atoms with van der Waals surface area (Å²) in [5.74, 6) is 0. The Kier molecular flexibility index (Phi) is 5.11. The second-order valence-electron chi connectivity index (χ2n) is 3.26. The van der Waals surface area contributed by atoms with Gasteiger partial charge in [-0.05, 0) is 27.2 Å². The fraction of sp³-hybridized carbons (Fsp3) is 0.333. The molecule has 0 N–H and O–H groups in total. The van der Waals surface area contributed by atoms with Gasteiger partial charge in [0, 0.05) is 0 Å². The van der Waals surface area contributed by atoms with Crippen LogP contribution in [0.4, 0.5) is 0 Å². The van der Waals surface area contributed by atoms with Crippen molar-refractivity contribution in [3.8, 4) is 0 Å². The smallest absolute Gasteiger partial charge is 0.0114 e. The Morgan fingerprint density at radius 1 is 1.17 bits per heavy atom. The zero-order chi connectivity index (χ0) is 9.56. The van der Waals surface area contributed by atoms with Crippen molar-refractivity contribution in [2.24, 2.45) is 0 Å². The fourth-order valence-electron chi connectivity index (χ4n) is 0.877. The monoisotopic (exact) mass is 162 g/mol. The minimum atomic E-state index is 0.987. The van der Waals surface area contributed by atoms with Crippen molar-refractivity contribution in [1.82, 2.24) is 0 Å². The molecule has 0 heterocycles. The van der Waals surface area contributed by atoms with Crippen LogP contribution in [0.5, 0.6) is 0 Å². The molecular formula is C12H18. The summed E-state index contributed by atoms with van der Waals surface area (Å²) in [6.45, 7) is 13.7. The maximum absolute atomic E-state index is 3.86. The maximum atomic E-state index is 3.86. The summed E-state index contributed by atoms with van der Waals surface area (Å²) in [6.07, 6.45) is 7.03. The first-order valence-electron chi connectivity index (χ1n) is 4.17. The summed E-state index contributed by atoms with van der Waals surface area (Å²) in [7, 11) is 0. The zero-order valence-corrected chi connectivity index (χ0v) is 8.35. The van der Waals surface area contributed by atoms with Gasteiger partial charge in [-0.2, -0.15) is 0 Å². The molecule has 0 unspecified atom stereocenters. The lowest BCUT2D eigenvalue weighted by Gasteiger charge is -1.97. The van der Waals surface area contributed by atoms with Crippen molar-refractivity contribution in [3.05, 3.63) is 48.1 Å². The van der Waals surface area contributed by atoms with Crippen LogP contribution in [-0.4, -0.2) is 0 Å². The van der Waals surface area contributed by atoms with Crippen LogP contribution < -0.4 is 0 Å². The van der Waals surface area contributed by atoms with Crippen molar-refractivity contribution in [2.75, 3.05) is 0 Å². The molecule has 0 aliphatic rings. The van der Waals surface area contributed by atoms with Gasteiger partial charge in [0.05, 0.1) is 0 Å². The Hall–Kier alpha value is -1.04. The number of hydrogen-bond acceptors (Lipinski definition) is 0. The predicted octanol–water partition coefficient (Wildman–Crippen LogP) is 4.03. The van der Waals surface area contributed by atoms with Crippen LogP contribution in [0.1, 0.15) is 27.2 Å². The van der Waals surface area contributed by atoms with Crippen molar-refractivity contribution >= 4 is 0 Å². The average Bonchev–Trinajstić information content (AvgIpc) is 1.99. The van der Waals surface area contributed by atoms with Gasteiger partial charge < -0.3 is 0 Å². The molecule has 0 heteroatoms. The summed E-state index contributed by atoms with van der Waals surface area (Å²) >= 11 is 0. The number of rotatable bonds is 4. The first-order valence-corrected chi connectivity index (χ1v) is 4.17. The van der Waals surface area contributed by atoms with Gasteiger partial charge in [0.2, 0.25) is 0 Å². The van der Waals surface area contributed by atoms with E-state index in [1.807, 2.05) is 19.9 Å². The molecule has 0 bridgehead atoms. The van der Waals surface area contributed by atoms with Gasteiger partial charge in [0.25, 0.3) is 0 Å². The highest BCUT2D eigenvalue weighted by Crippen LogP contribution is 2.08. The summed E-state index contributed by atoms with van der Waals surface area (Å²) in [4.78, 5) is 0. The van der Waals surface area contributed by atoms with E-state index in [0.29, 0.717) is 0 Å². The van der Waals surface area contributed by atoms with Gasteiger partial charge in [-0.1, -0.05) is 48.1 Å². The van der Waals surface area contributed by atoms with E-state index < -0.39 is 0 Å². The van der Waals surface area contributed by atoms with Crippen molar-refractivity contribution in [3.63, 3.8) is 0 Å². The Balaban J connectivity index is 4.17. The van der Waals surface area contributed by atoms with Gasteiger partial charge in [0.15, 0.2) is 0 Å². The van der Waals surface area contributed by atoms with Crippen LogP contribution in [0.15, 0.2) is 48.1 Å². The predicted molar refractivity (Wildman–Crippen MR) is 57.1 cm³/mol. The van der Waals surface area contributed by atoms with Gasteiger partial charge in [-0.25, -0.2) is 0 Å². The molecule has 12 heavy (non-hydrogen) atoms. The lowest BCUT2D eigenvalue weighted by molar-refractivity contribution is 1.12. The molecular weight excluding hydrogens is 144 g/mol. The van der Waals surface area contributed by atoms with Gasteiger partial charge >= 0.3 is 0 Å². The minimum Gasteiger partial charge on any atom is -0.0998 e. The Morgan fingerprint density at radius 2 is 1.75 bits per heavy atom. The Labute approximate surface area is 76.0 Å². The van der Waals surface area contributed by atoms with E-state index in [2.05, 4.69) is 32.2 Å². The van der Waals surface area contributed by atoms with E-state index in [1.165, 1.54) is 16.7 Å². The summed E-state index contributed by atoms with van der Waals surface area (Å²) in [5, 5.41) is 0. The quantitative estimate of drug-likeness (QED) is 0.432. The van der Waals surface area contributed by atoms with Crippen LogP contribution in [0.25, 0.3) is 0 Å². The Morgan fingerprint density at radius 3 is 2.17 bits per heavy atom. The van der Waals surface area contributed by atoms with E-state index in [0.717, 1.165) is 6.42 Å². The molecule has 0 fully saturated rings. The van der Waals surface area contributed by atoms with E-state index >= 15 is 0 Å². The van der Waals surface area contributed by atoms with E-state index in [1.54, 1.807) is 0 Å². The molecule has 66 valence electrons. The SMILES string of the molecule is C=C/C(C)=C\C=C(/C)CC(=C)C. The van der Waals surface area contributed by atoms with Gasteiger partial charge in [-0.15, -0.1) is 0 Å². The van der Waals surface area contributed by atoms with Crippen molar-refractivity contribution in [2.45, 2.75) is 27.2 Å². The topological polar surface area (TPSA) is 0 Å². The summed E-state index contributed by atoms with van der Waals surface area (Å²) in [6, 6.07) is 0. The van der Waals surface area contributed by atoms with Gasteiger partial charge in [-0.3, -0.25) is 0 Å². The minimum absolute atomic E-state index is 0.987. The molecule has 0 aliphatic carbocycles. The molecule has 0 saturated carbocycles. The molecule has 0 aromatic heterocycles. The zero-order valence-electron chi connectivity index (χ0n) is 8.35. The maximum Gasteiger partial charge on any atom is -0.0114 e. The van der Waals surface area contributed by atoms with Gasteiger partial charge in [0.1, 0.15) is 0 Å². The normalized spacial score (nSPS) is 12.9. The molecule has 0 aromatic rings. The molecule has 0 spiro atoms. The van der Waals surface area contributed by atoms with E-state index in [9.17, 15) is 0 Å². The van der Waals surface area contributed by atoms with Crippen LogP contribution in [0.2, 0.25) is 0 Å². The number of hydrogen-bond donors (Lipinski definition) is 0. The van der Waals surface area contributed by atoms with E-state index in [4.69, 9.17) is 0 Å². The third-order valence-corrected chi connectivity index (χ3v) is 1.53. The molecule has 0 aliphatic heterocycles. The van der Waals surface area contributed by atoms with Crippen LogP contribution in [-0.2, 0) is 0 Å². The van der Waals surface area contributed by atoms with E-state index in [-0.39, 0.29) is 0 Å². The largest absolute Gasteiger partial charge is 0.0998 e. The van der Waals surface area contributed by atoms with Crippen LogP contribution in [0.3, 0.4) is 0 Å². The molecule has 0 radical (unpaired) electrons. The first-order chi connectivity index (χ1) is 5.56. The molecule has 0 atom stereocenters. The molecule has 0 amide bonds. The highest BCUT2D eigenvalue weighted by atomic mass is 13.9. The lowest BCUT2D eigenvalue weighted by Crippen LogP contribution is -1.77. The number of allylic oxidation sites excluding steroid dienone is 6. The molecule has 0 saturated heterocycles. The van der Waals surface area contributed by atoms with Crippen LogP contribution in [0, 0.1) is 0 Å². The van der Waals surface area contributed by atoms with Crippen molar-refractivity contribution < 1.29 is 0 Å². The average molecular weight is 162 g/mol. The standard InChI is InChI=1S/C12H18/c1-6-11(4)7-8-12(5)9-10(2)3/h6-8H,1-2,9H2,3-5H3/b11-7-,12-8+. The third kappa shape index (κ3) is 5.72. The van der Waals surface area contributed by atoms with Crippen LogP contribution >= 0.6 is 0 Å². The highest BCUT2D eigenvalue weighted by molar-refractivity contribution is 5.23. The second kappa shape index (κ2) is 5.59. The lowest BCUT2D eigenvalue weighted by atomic mass is 10.1. The molecule has 0 nitrogen and oxygen atoms in total. The Bertz CT molecular complexity index is 226. The highest BCUT2D eigenvalue weighted by Gasteiger charge is 1.87. The summed E-state index contributed by atoms with van der Waals surface area (Å²) in [5.41, 5.74) is 3.73. The first kappa shape index (κ1) is 11.0. The van der Waals surface area contributed by atoms with Crippen molar-refractivity contribution in [1.29, 1.82) is 0 Å². The summed E-state index contributed by atoms with van der Waals surface area (Å²) < 4.78 is 0. The third-order valence-electron chi connectivity index (χ3n) is 1.53.